The van der Waals surface area contributed by atoms with Gasteiger partial charge in [0.25, 0.3) is 0 Å². The van der Waals surface area contributed by atoms with Gasteiger partial charge >= 0.3 is 12.6 Å². The largest absolute Gasteiger partial charge is 0.433 e. The lowest BCUT2D eigenvalue weighted by Gasteiger charge is -2.44. The molecule has 168 valence electrons. The highest BCUT2D eigenvalue weighted by molar-refractivity contribution is 5.89. The van der Waals surface area contributed by atoms with E-state index in [9.17, 15) is 13.6 Å². The van der Waals surface area contributed by atoms with E-state index in [0.717, 1.165) is 30.6 Å². The molecule has 8 nitrogen and oxygen atoms in total. The zero-order chi connectivity index (χ0) is 22.4. The van der Waals surface area contributed by atoms with E-state index in [-0.39, 0.29) is 17.7 Å². The second-order valence-electron chi connectivity index (χ2n) is 8.25. The number of hydrogen-bond donors (Lipinski definition) is 0. The number of rotatable bonds is 5. The Kier molecular flexibility index (Phi) is 5.07. The van der Waals surface area contributed by atoms with Crippen LogP contribution in [-0.4, -0.2) is 70.2 Å². The third kappa shape index (κ3) is 3.49. The fourth-order valence-corrected chi connectivity index (χ4v) is 4.21. The van der Waals surface area contributed by atoms with Crippen molar-refractivity contribution in [2.24, 2.45) is 7.05 Å². The molecule has 0 atom stereocenters. The Bertz CT molecular complexity index is 1160. The molecule has 0 N–H and O–H groups in total. The van der Waals surface area contributed by atoms with Crippen LogP contribution in [-0.2, 0) is 7.05 Å². The van der Waals surface area contributed by atoms with E-state index < -0.39 is 6.61 Å². The van der Waals surface area contributed by atoms with Crippen LogP contribution in [0.3, 0.4) is 0 Å². The number of aryl methyl sites for hydroxylation is 1. The van der Waals surface area contributed by atoms with E-state index in [2.05, 4.69) is 9.97 Å². The van der Waals surface area contributed by atoms with Gasteiger partial charge in [-0.2, -0.15) is 8.78 Å². The summed E-state index contributed by atoms with van der Waals surface area (Å²) in [6.45, 7) is -0.183. The molecule has 2 aliphatic heterocycles. The summed E-state index contributed by atoms with van der Waals surface area (Å²) in [6, 6.07) is 7.22. The van der Waals surface area contributed by atoms with Gasteiger partial charge in [-0.25, -0.2) is 14.8 Å². The smallest absolute Gasteiger partial charge is 0.387 e. The summed E-state index contributed by atoms with van der Waals surface area (Å²) < 4.78 is 33.2. The van der Waals surface area contributed by atoms with Gasteiger partial charge in [-0.05, 0) is 30.2 Å². The first-order valence-electron chi connectivity index (χ1n) is 10.5. The first-order chi connectivity index (χ1) is 15.4. The second-order valence-corrected chi connectivity index (χ2v) is 8.25. The normalized spacial score (nSPS) is 16.3. The Balaban J connectivity index is 1.41. The maximum Gasteiger partial charge on any atom is 0.387 e. The van der Waals surface area contributed by atoms with Crippen molar-refractivity contribution in [3.05, 3.63) is 42.4 Å². The van der Waals surface area contributed by atoms with Crippen molar-refractivity contribution in [2.75, 3.05) is 38.1 Å². The molecule has 0 aliphatic carbocycles. The number of halogens is 2. The molecule has 0 bridgehead atoms. The highest BCUT2D eigenvalue weighted by Gasteiger charge is 2.36. The van der Waals surface area contributed by atoms with Crippen molar-refractivity contribution in [3.8, 4) is 5.75 Å². The van der Waals surface area contributed by atoms with Gasteiger partial charge in [-0.3, -0.25) is 0 Å². The number of fused-ring (bicyclic) bond motifs is 1. The van der Waals surface area contributed by atoms with E-state index in [1.165, 1.54) is 0 Å². The summed E-state index contributed by atoms with van der Waals surface area (Å²) >= 11 is 0. The van der Waals surface area contributed by atoms with E-state index >= 15 is 0 Å². The quantitative estimate of drug-likeness (QED) is 0.605. The summed E-state index contributed by atoms with van der Waals surface area (Å²) in [5, 5.41) is 0. The van der Waals surface area contributed by atoms with Crippen LogP contribution in [0.1, 0.15) is 17.9 Å². The summed E-state index contributed by atoms with van der Waals surface area (Å²) in [6.07, 6.45) is 4.40. The molecule has 0 saturated carbocycles. The van der Waals surface area contributed by atoms with Gasteiger partial charge in [0.1, 0.15) is 11.3 Å². The standard InChI is InChI=1S/C22H24F2N6O2/c1-27-13-26-19-17(27)6-7-25-20(19)28(2)16-5-4-14(10-18(16)32-21(23)24)15-11-30(12-15)22(31)29-8-3-9-29/h4-7,10,13,15,21H,3,8-9,11-12H2,1-2H3. The average Bonchev–Trinajstić information content (AvgIpc) is 3.06. The lowest BCUT2D eigenvalue weighted by atomic mass is 9.91. The Hall–Kier alpha value is -3.43. The number of carbonyl (C=O) groups is 1. The van der Waals surface area contributed by atoms with Gasteiger partial charge in [0.2, 0.25) is 0 Å². The Labute approximate surface area is 184 Å². The zero-order valence-corrected chi connectivity index (χ0v) is 17.9. The number of carbonyl (C=O) groups excluding carboxylic acids is 1. The average molecular weight is 442 g/mol. The number of nitrogens with zero attached hydrogens (tertiary/aromatic N) is 6. The Morgan fingerprint density at radius 3 is 2.66 bits per heavy atom. The molecule has 2 aromatic heterocycles. The molecule has 5 rings (SSSR count). The molecule has 10 heteroatoms. The fourth-order valence-electron chi connectivity index (χ4n) is 4.21. The SMILES string of the molecule is CN(c1ccc(C2CN(C(=O)N3CCC3)C2)cc1OC(F)F)c1nccc2c1ncn2C. The molecule has 3 aromatic rings. The number of aromatic nitrogens is 3. The molecule has 32 heavy (non-hydrogen) atoms. The van der Waals surface area contributed by atoms with Crippen LogP contribution in [0.4, 0.5) is 25.1 Å². The Morgan fingerprint density at radius 1 is 1.19 bits per heavy atom. The van der Waals surface area contributed by atoms with Crippen LogP contribution in [0.15, 0.2) is 36.8 Å². The molecule has 0 unspecified atom stereocenters. The number of ether oxygens (including phenoxy) is 1. The molecule has 2 aliphatic rings. The van der Waals surface area contributed by atoms with E-state index in [1.807, 2.05) is 28.6 Å². The lowest BCUT2D eigenvalue weighted by Crippen LogP contribution is -2.56. The summed E-state index contributed by atoms with van der Waals surface area (Å²) in [5.74, 6) is 0.712. The number of benzene rings is 1. The van der Waals surface area contributed by atoms with Crippen LogP contribution < -0.4 is 9.64 Å². The van der Waals surface area contributed by atoms with Crippen molar-refractivity contribution in [3.63, 3.8) is 0 Å². The van der Waals surface area contributed by atoms with Crippen molar-refractivity contribution in [2.45, 2.75) is 19.0 Å². The second kappa shape index (κ2) is 7.92. The topological polar surface area (TPSA) is 66.7 Å². The van der Waals surface area contributed by atoms with Crippen LogP contribution in [0, 0.1) is 0 Å². The molecule has 0 radical (unpaired) electrons. The summed E-state index contributed by atoms with van der Waals surface area (Å²) in [7, 11) is 3.63. The molecule has 2 amide bonds. The van der Waals surface area contributed by atoms with Gasteiger partial charge in [-0.1, -0.05) is 6.07 Å². The minimum atomic E-state index is -2.96. The van der Waals surface area contributed by atoms with Crippen LogP contribution >= 0.6 is 0 Å². The summed E-state index contributed by atoms with van der Waals surface area (Å²) in [5.41, 5.74) is 2.89. The van der Waals surface area contributed by atoms with Gasteiger partial charge < -0.3 is 24.0 Å². The minimum absolute atomic E-state index is 0.0578. The zero-order valence-electron chi connectivity index (χ0n) is 17.9. The van der Waals surface area contributed by atoms with Crippen molar-refractivity contribution >= 4 is 28.6 Å². The third-order valence-electron chi connectivity index (χ3n) is 6.25. The number of pyridine rings is 1. The number of hydrogen-bond acceptors (Lipinski definition) is 5. The number of imidazole rings is 1. The molecule has 1 aromatic carbocycles. The maximum absolute atomic E-state index is 13.2. The number of urea groups is 1. The first-order valence-corrected chi connectivity index (χ1v) is 10.5. The molecule has 2 saturated heterocycles. The van der Waals surface area contributed by atoms with Crippen molar-refractivity contribution in [1.82, 2.24) is 24.3 Å². The number of amides is 2. The van der Waals surface area contributed by atoms with Crippen LogP contribution in [0.25, 0.3) is 11.0 Å². The van der Waals surface area contributed by atoms with Gasteiger partial charge in [0, 0.05) is 52.4 Å². The molecular weight excluding hydrogens is 418 g/mol. The third-order valence-corrected chi connectivity index (χ3v) is 6.25. The molecular formula is C22H24F2N6O2. The highest BCUT2D eigenvalue weighted by Crippen LogP contribution is 2.39. The Morgan fingerprint density at radius 2 is 1.97 bits per heavy atom. The highest BCUT2D eigenvalue weighted by atomic mass is 19.3. The summed E-state index contributed by atoms with van der Waals surface area (Å²) in [4.78, 5) is 26.5. The minimum Gasteiger partial charge on any atom is -0.433 e. The monoisotopic (exact) mass is 442 g/mol. The van der Waals surface area contributed by atoms with E-state index in [4.69, 9.17) is 4.74 Å². The number of alkyl halides is 2. The van der Waals surface area contributed by atoms with Crippen LogP contribution in [0.2, 0.25) is 0 Å². The maximum atomic E-state index is 13.2. The predicted molar refractivity (Wildman–Crippen MR) is 116 cm³/mol. The van der Waals surface area contributed by atoms with Gasteiger partial charge in [-0.15, -0.1) is 0 Å². The van der Waals surface area contributed by atoms with Crippen molar-refractivity contribution in [1.29, 1.82) is 0 Å². The van der Waals surface area contributed by atoms with Gasteiger partial charge in [0.05, 0.1) is 17.5 Å². The van der Waals surface area contributed by atoms with Crippen LogP contribution in [0.5, 0.6) is 5.75 Å². The number of likely N-dealkylation sites (tertiary alicyclic amines) is 2. The van der Waals surface area contributed by atoms with E-state index in [0.29, 0.717) is 30.1 Å². The first kappa shape index (κ1) is 20.5. The predicted octanol–water partition coefficient (Wildman–Crippen LogP) is 3.56. The fraction of sp³-hybridized carbons (Fsp3) is 0.409. The van der Waals surface area contributed by atoms with E-state index in [1.54, 1.807) is 41.5 Å². The lowest BCUT2D eigenvalue weighted by molar-refractivity contribution is -0.0495. The molecule has 0 spiro atoms. The van der Waals surface area contributed by atoms with Gasteiger partial charge in [0.15, 0.2) is 5.82 Å². The number of anilines is 2. The van der Waals surface area contributed by atoms with Crippen molar-refractivity contribution < 1.29 is 18.3 Å². The molecule has 2 fully saturated rings. The molecule has 4 heterocycles.